The largest absolute Gasteiger partial charge is 0.496 e. The maximum absolute atomic E-state index is 10.3. The van der Waals surface area contributed by atoms with E-state index in [-0.39, 0.29) is 0 Å². The van der Waals surface area contributed by atoms with Gasteiger partial charge in [0.1, 0.15) is 5.75 Å². The summed E-state index contributed by atoms with van der Waals surface area (Å²) in [6.07, 6.45) is 1.82. The molecule has 1 aliphatic rings. The average molecular weight is 271 g/mol. The predicted octanol–water partition coefficient (Wildman–Crippen LogP) is 2.82. The fourth-order valence-corrected chi connectivity index (χ4v) is 2.59. The standard InChI is InChI=1S/C14H19ClO3/c1-14(6-3-7-18-14)13(16)9-10-8-11(15)4-5-12(10)17-2/h4-5,8,13,16H,3,6-7,9H2,1-2H3. The Morgan fingerprint density at radius 2 is 2.33 bits per heavy atom. The van der Waals surface area contributed by atoms with Crippen molar-refractivity contribution in [3.8, 4) is 5.75 Å². The smallest absolute Gasteiger partial charge is 0.122 e. The Kier molecular flexibility index (Phi) is 4.15. The van der Waals surface area contributed by atoms with Crippen LogP contribution < -0.4 is 4.74 Å². The molecule has 4 heteroatoms. The second-order valence-corrected chi connectivity index (χ2v) is 5.38. The first-order valence-electron chi connectivity index (χ1n) is 6.19. The van der Waals surface area contributed by atoms with Crippen LogP contribution in [0.15, 0.2) is 18.2 Å². The molecule has 18 heavy (non-hydrogen) atoms. The van der Waals surface area contributed by atoms with Gasteiger partial charge >= 0.3 is 0 Å². The van der Waals surface area contributed by atoms with Crippen molar-refractivity contribution in [3.63, 3.8) is 0 Å². The van der Waals surface area contributed by atoms with Crippen LogP contribution in [0.4, 0.5) is 0 Å². The number of aliphatic hydroxyl groups is 1. The van der Waals surface area contributed by atoms with Crippen LogP contribution in [-0.4, -0.2) is 30.5 Å². The van der Waals surface area contributed by atoms with Gasteiger partial charge in [-0.1, -0.05) is 11.6 Å². The van der Waals surface area contributed by atoms with Gasteiger partial charge in [-0.05, 0) is 43.5 Å². The summed E-state index contributed by atoms with van der Waals surface area (Å²) in [4.78, 5) is 0. The highest BCUT2D eigenvalue weighted by atomic mass is 35.5. The van der Waals surface area contributed by atoms with Crippen LogP contribution in [0.5, 0.6) is 5.75 Å². The molecule has 1 fully saturated rings. The second-order valence-electron chi connectivity index (χ2n) is 4.94. The zero-order chi connectivity index (χ0) is 13.2. The summed E-state index contributed by atoms with van der Waals surface area (Å²) in [5, 5.41) is 11.0. The SMILES string of the molecule is COc1ccc(Cl)cc1CC(O)C1(C)CCCO1. The van der Waals surface area contributed by atoms with Crippen molar-refractivity contribution in [1.82, 2.24) is 0 Å². The fraction of sp³-hybridized carbons (Fsp3) is 0.571. The summed E-state index contributed by atoms with van der Waals surface area (Å²) < 4.78 is 10.9. The minimum atomic E-state index is -0.549. The van der Waals surface area contributed by atoms with Gasteiger partial charge in [0.25, 0.3) is 0 Å². The predicted molar refractivity (Wildman–Crippen MR) is 71.3 cm³/mol. The molecule has 0 aromatic heterocycles. The number of ether oxygens (including phenoxy) is 2. The molecule has 0 amide bonds. The van der Waals surface area contributed by atoms with E-state index in [4.69, 9.17) is 21.1 Å². The van der Waals surface area contributed by atoms with Gasteiger partial charge in [-0.2, -0.15) is 0 Å². The first kappa shape index (κ1) is 13.7. The maximum Gasteiger partial charge on any atom is 0.122 e. The molecular formula is C14H19ClO3. The molecule has 1 aromatic carbocycles. The minimum Gasteiger partial charge on any atom is -0.496 e. The van der Waals surface area contributed by atoms with Crippen molar-refractivity contribution < 1.29 is 14.6 Å². The fourth-order valence-electron chi connectivity index (χ4n) is 2.39. The van der Waals surface area contributed by atoms with E-state index in [1.165, 1.54) is 0 Å². The van der Waals surface area contributed by atoms with Crippen molar-refractivity contribution in [3.05, 3.63) is 28.8 Å². The van der Waals surface area contributed by atoms with Crippen molar-refractivity contribution in [2.45, 2.75) is 37.9 Å². The number of methoxy groups -OCH3 is 1. The summed E-state index contributed by atoms with van der Waals surface area (Å²) in [5.41, 5.74) is 0.460. The van der Waals surface area contributed by atoms with Gasteiger partial charge in [0.05, 0.1) is 18.8 Å². The van der Waals surface area contributed by atoms with E-state index in [0.717, 1.165) is 30.8 Å². The van der Waals surface area contributed by atoms with Gasteiger partial charge in [0, 0.05) is 18.1 Å². The summed E-state index contributed by atoms with van der Waals surface area (Å²) in [5.74, 6) is 0.750. The molecule has 100 valence electrons. The van der Waals surface area contributed by atoms with Crippen molar-refractivity contribution >= 4 is 11.6 Å². The molecule has 1 saturated heterocycles. The zero-order valence-corrected chi connectivity index (χ0v) is 11.5. The Balaban J connectivity index is 2.15. The number of aliphatic hydroxyl groups excluding tert-OH is 1. The van der Waals surface area contributed by atoms with E-state index in [2.05, 4.69) is 0 Å². The number of benzene rings is 1. The molecule has 2 rings (SSSR count). The van der Waals surface area contributed by atoms with E-state index in [1.54, 1.807) is 13.2 Å². The Bertz CT molecular complexity index is 414. The lowest BCUT2D eigenvalue weighted by molar-refractivity contribution is -0.0769. The highest BCUT2D eigenvalue weighted by molar-refractivity contribution is 6.30. The van der Waals surface area contributed by atoms with Crippen LogP contribution in [0.3, 0.4) is 0 Å². The summed E-state index contributed by atoms with van der Waals surface area (Å²) >= 11 is 5.98. The van der Waals surface area contributed by atoms with Crippen molar-refractivity contribution in [2.75, 3.05) is 13.7 Å². The summed E-state index contributed by atoms with van der Waals surface area (Å²) in [6, 6.07) is 5.44. The van der Waals surface area contributed by atoms with Gasteiger partial charge in [-0.3, -0.25) is 0 Å². The summed E-state index contributed by atoms with van der Waals surface area (Å²) in [6.45, 7) is 2.68. The molecule has 2 unspecified atom stereocenters. The number of hydrogen-bond donors (Lipinski definition) is 1. The Morgan fingerprint density at radius 1 is 1.56 bits per heavy atom. The van der Waals surface area contributed by atoms with E-state index in [1.807, 2.05) is 19.1 Å². The summed E-state index contributed by atoms with van der Waals surface area (Å²) in [7, 11) is 1.62. The Morgan fingerprint density at radius 3 is 2.94 bits per heavy atom. The molecule has 0 radical (unpaired) electrons. The van der Waals surface area contributed by atoms with Gasteiger partial charge in [-0.15, -0.1) is 0 Å². The lowest BCUT2D eigenvalue weighted by atomic mass is 9.90. The van der Waals surface area contributed by atoms with E-state index >= 15 is 0 Å². The maximum atomic E-state index is 10.3. The van der Waals surface area contributed by atoms with E-state index in [0.29, 0.717) is 11.4 Å². The molecule has 0 bridgehead atoms. The zero-order valence-electron chi connectivity index (χ0n) is 10.8. The topological polar surface area (TPSA) is 38.7 Å². The lowest BCUT2D eigenvalue weighted by Crippen LogP contribution is -2.40. The third-order valence-corrected chi connectivity index (χ3v) is 3.85. The molecule has 3 nitrogen and oxygen atoms in total. The monoisotopic (exact) mass is 270 g/mol. The van der Waals surface area contributed by atoms with Crippen LogP contribution >= 0.6 is 11.6 Å². The molecule has 0 saturated carbocycles. The highest BCUT2D eigenvalue weighted by Gasteiger charge is 2.37. The van der Waals surface area contributed by atoms with Crippen LogP contribution in [0.2, 0.25) is 5.02 Å². The molecule has 0 aliphatic carbocycles. The third-order valence-electron chi connectivity index (χ3n) is 3.61. The quantitative estimate of drug-likeness (QED) is 0.914. The second kappa shape index (κ2) is 5.47. The van der Waals surface area contributed by atoms with Crippen LogP contribution in [-0.2, 0) is 11.2 Å². The number of rotatable bonds is 4. The van der Waals surface area contributed by atoms with Gasteiger partial charge in [0.15, 0.2) is 0 Å². The molecule has 1 heterocycles. The van der Waals surface area contributed by atoms with Crippen molar-refractivity contribution in [1.29, 1.82) is 0 Å². The first-order valence-corrected chi connectivity index (χ1v) is 6.57. The van der Waals surface area contributed by atoms with Crippen LogP contribution in [0.1, 0.15) is 25.3 Å². The number of halogens is 1. The van der Waals surface area contributed by atoms with Crippen molar-refractivity contribution in [2.24, 2.45) is 0 Å². The Hall–Kier alpha value is -0.770. The lowest BCUT2D eigenvalue weighted by Gasteiger charge is -2.29. The van der Waals surface area contributed by atoms with Gasteiger partial charge in [-0.25, -0.2) is 0 Å². The highest BCUT2D eigenvalue weighted by Crippen LogP contribution is 2.32. The normalized spacial score (nSPS) is 25.1. The molecule has 2 atom stereocenters. The van der Waals surface area contributed by atoms with E-state index in [9.17, 15) is 5.11 Å². The van der Waals surface area contributed by atoms with Crippen LogP contribution in [0.25, 0.3) is 0 Å². The van der Waals surface area contributed by atoms with E-state index < -0.39 is 11.7 Å². The number of hydrogen-bond acceptors (Lipinski definition) is 3. The van der Waals surface area contributed by atoms with Gasteiger partial charge < -0.3 is 14.6 Å². The molecule has 0 spiro atoms. The molecule has 1 aromatic rings. The average Bonchev–Trinajstić information content (AvgIpc) is 2.78. The molecular weight excluding hydrogens is 252 g/mol. The Labute approximate surface area is 113 Å². The molecule has 1 N–H and O–H groups in total. The molecule has 1 aliphatic heterocycles. The van der Waals surface area contributed by atoms with Crippen LogP contribution in [0, 0.1) is 0 Å². The first-order chi connectivity index (χ1) is 8.55. The third kappa shape index (κ3) is 2.79. The van der Waals surface area contributed by atoms with Gasteiger partial charge in [0.2, 0.25) is 0 Å². The minimum absolute atomic E-state index is 0.451.